The minimum atomic E-state index is -4.45. The molecule has 276 valence electrons. The molecule has 0 saturated heterocycles. The number of nitrogens with one attached hydrogen (secondary N) is 1. The van der Waals surface area contributed by atoms with Gasteiger partial charge in [-0.25, -0.2) is 0 Å². The highest BCUT2D eigenvalue weighted by molar-refractivity contribution is 7.85. The summed E-state index contributed by atoms with van der Waals surface area (Å²) in [5, 5.41) is 23.3. The van der Waals surface area contributed by atoms with E-state index in [2.05, 4.69) is 43.5 Å². The molecule has 47 heavy (non-hydrogen) atoms. The van der Waals surface area contributed by atoms with Crippen LogP contribution in [0.3, 0.4) is 0 Å². The van der Waals surface area contributed by atoms with E-state index < -0.39 is 40.0 Å². The van der Waals surface area contributed by atoms with Crippen LogP contribution in [0.4, 0.5) is 0 Å². The van der Waals surface area contributed by atoms with Gasteiger partial charge in [0.1, 0.15) is 6.10 Å². The molecule has 0 radical (unpaired) electrons. The second-order valence-corrected chi connectivity index (χ2v) is 14.8. The smallest absolute Gasteiger partial charge is 0.267 e. The van der Waals surface area contributed by atoms with Crippen molar-refractivity contribution in [2.75, 3.05) is 5.75 Å². The summed E-state index contributed by atoms with van der Waals surface area (Å²) in [6, 6.07) is -1.25. The second kappa shape index (κ2) is 33.0. The molecular weight excluding hydrogens is 610 g/mol. The van der Waals surface area contributed by atoms with E-state index in [4.69, 9.17) is 0 Å². The van der Waals surface area contributed by atoms with Crippen LogP contribution < -0.4 is 5.32 Å². The number of carbonyl (C=O) groups is 1. The van der Waals surface area contributed by atoms with E-state index in [0.29, 0.717) is 12.8 Å². The van der Waals surface area contributed by atoms with E-state index in [1.807, 2.05) is 0 Å². The van der Waals surface area contributed by atoms with Crippen LogP contribution in [0.25, 0.3) is 0 Å². The third-order valence-electron chi connectivity index (χ3n) is 8.65. The Bertz CT molecular complexity index is 901. The molecule has 1 amide bonds. The second-order valence-electron chi connectivity index (χ2n) is 13.3. The number of carbonyl (C=O) groups excluding carboxylic acids is 1. The van der Waals surface area contributed by atoms with Gasteiger partial charge in [0.25, 0.3) is 10.1 Å². The zero-order valence-corrected chi connectivity index (χ0v) is 31.1. The van der Waals surface area contributed by atoms with Gasteiger partial charge in [0.2, 0.25) is 5.91 Å². The predicted octanol–water partition coefficient (Wildman–Crippen LogP) is 9.93. The van der Waals surface area contributed by atoms with Gasteiger partial charge in [0, 0.05) is 0 Å². The van der Waals surface area contributed by atoms with E-state index in [9.17, 15) is 28.0 Å². The van der Waals surface area contributed by atoms with Crippen LogP contribution in [0, 0.1) is 0 Å². The summed E-state index contributed by atoms with van der Waals surface area (Å²) in [6.07, 6.45) is 39.1. The summed E-state index contributed by atoms with van der Waals surface area (Å²) in [4.78, 5) is 12.5. The van der Waals surface area contributed by atoms with Crippen molar-refractivity contribution < 1.29 is 28.0 Å². The van der Waals surface area contributed by atoms with Gasteiger partial charge in [-0.1, -0.05) is 159 Å². The van der Waals surface area contributed by atoms with Crippen LogP contribution in [0.5, 0.6) is 0 Å². The largest absolute Gasteiger partial charge is 0.387 e. The summed E-state index contributed by atoms with van der Waals surface area (Å²) in [7, 11) is -4.45. The molecular formula is C39H73NO6S. The summed E-state index contributed by atoms with van der Waals surface area (Å²) in [6.45, 7) is 4.48. The Balaban J connectivity index is 4.13. The van der Waals surface area contributed by atoms with Gasteiger partial charge in [-0.05, 0) is 57.8 Å². The first kappa shape index (κ1) is 45.5. The quantitative estimate of drug-likeness (QED) is 0.0304. The fourth-order valence-electron chi connectivity index (χ4n) is 5.64. The Hall–Kier alpha value is -1.48. The highest BCUT2D eigenvalue weighted by Crippen LogP contribution is 2.13. The van der Waals surface area contributed by atoms with E-state index in [-0.39, 0.29) is 6.42 Å². The van der Waals surface area contributed by atoms with E-state index in [1.54, 1.807) is 6.08 Å². The standard InChI is InChI=1S/C39H73NO6S/c1-3-5-7-9-11-13-15-17-18-19-20-22-24-26-28-30-32-34-38(42)39(43)40-36(35-47(44,45)46)37(41)33-31-29-27-25-23-21-16-14-12-10-8-6-4-2/h20,22-23,25,31,33,36-38,41-42H,3-19,21,24,26-30,32,34-35H2,1-2H3,(H,40,43)(H,44,45,46)/b22-20-,25-23+,33-31+. The van der Waals surface area contributed by atoms with Crippen LogP contribution >= 0.6 is 0 Å². The molecule has 0 aliphatic rings. The molecule has 0 aliphatic heterocycles. The van der Waals surface area contributed by atoms with Gasteiger partial charge in [-0.3, -0.25) is 9.35 Å². The normalized spacial score (nSPS) is 14.4. The molecule has 3 atom stereocenters. The number of aliphatic hydroxyl groups excluding tert-OH is 2. The first-order valence-electron chi connectivity index (χ1n) is 19.3. The molecule has 0 spiro atoms. The molecule has 0 saturated carbocycles. The number of hydrogen-bond donors (Lipinski definition) is 4. The fraction of sp³-hybridized carbons (Fsp3) is 0.821. The van der Waals surface area contributed by atoms with E-state index in [0.717, 1.165) is 44.9 Å². The van der Waals surface area contributed by atoms with Gasteiger partial charge < -0.3 is 15.5 Å². The minimum absolute atomic E-state index is 0.260. The molecule has 0 heterocycles. The summed E-state index contributed by atoms with van der Waals surface area (Å²) in [5.41, 5.74) is 0. The minimum Gasteiger partial charge on any atom is -0.387 e. The van der Waals surface area contributed by atoms with Gasteiger partial charge in [0.05, 0.1) is 17.9 Å². The molecule has 0 aromatic carbocycles. The zero-order valence-electron chi connectivity index (χ0n) is 30.3. The number of hydrogen-bond acceptors (Lipinski definition) is 5. The fourth-order valence-corrected chi connectivity index (χ4v) is 6.38. The average molecular weight is 684 g/mol. The molecule has 7 nitrogen and oxygen atoms in total. The van der Waals surface area contributed by atoms with Crippen molar-refractivity contribution in [3.05, 3.63) is 36.5 Å². The molecule has 0 aromatic heterocycles. The SMILES string of the molecule is CCCCCCCCC/C=C/CC/C=C/C(O)C(CS(=O)(=O)O)NC(=O)C(O)CCCCCC/C=C\CCCCCCCCCCC. The highest BCUT2D eigenvalue weighted by Gasteiger charge is 2.27. The van der Waals surface area contributed by atoms with Gasteiger partial charge in [-0.2, -0.15) is 8.42 Å². The summed E-state index contributed by atoms with van der Waals surface area (Å²) >= 11 is 0. The molecule has 4 N–H and O–H groups in total. The molecule has 8 heteroatoms. The van der Waals surface area contributed by atoms with Crippen molar-refractivity contribution in [2.24, 2.45) is 0 Å². The van der Waals surface area contributed by atoms with Gasteiger partial charge in [-0.15, -0.1) is 0 Å². The Morgan fingerprint density at radius 3 is 1.40 bits per heavy atom. The lowest BCUT2D eigenvalue weighted by atomic mass is 10.1. The van der Waals surface area contributed by atoms with Crippen LogP contribution in [0.15, 0.2) is 36.5 Å². The maximum atomic E-state index is 12.5. The molecule has 0 fully saturated rings. The summed E-state index contributed by atoms with van der Waals surface area (Å²) in [5.74, 6) is -1.57. The highest BCUT2D eigenvalue weighted by atomic mass is 32.2. The Morgan fingerprint density at radius 2 is 0.957 bits per heavy atom. The molecule has 0 bridgehead atoms. The van der Waals surface area contributed by atoms with E-state index in [1.165, 1.54) is 109 Å². The third kappa shape index (κ3) is 32.8. The maximum Gasteiger partial charge on any atom is 0.267 e. The number of allylic oxidation sites excluding steroid dienone is 5. The Kier molecular flexibility index (Phi) is 32.0. The van der Waals surface area contributed by atoms with Crippen molar-refractivity contribution in [3.8, 4) is 0 Å². The summed E-state index contributed by atoms with van der Waals surface area (Å²) < 4.78 is 32.4. The van der Waals surface area contributed by atoms with Gasteiger partial charge in [0.15, 0.2) is 0 Å². The lowest BCUT2D eigenvalue weighted by Gasteiger charge is -2.22. The average Bonchev–Trinajstić information content (AvgIpc) is 3.03. The van der Waals surface area contributed by atoms with Crippen molar-refractivity contribution in [2.45, 2.75) is 199 Å². The first-order chi connectivity index (χ1) is 22.7. The van der Waals surface area contributed by atoms with Crippen molar-refractivity contribution in [3.63, 3.8) is 0 Å². The van der Waals surface area contributed by atoms with Crippen LogP contribution in [-0.2, 0) is 14.9 Å². The lowest BCUT2D eigenvalue weighted by molar-refractivity contribution is -0.130. The number of aliphatic hydroxyl groups is 2. The molecule has 3 unspecified atom stereocenters. The van der Waals surface area contributed by atoms with Crippen LogP contribution in [0.1, 0.15) is 181 Å². The van der Waals surface area contributed by atoms with Gasteiger partial charge >= 0.3 is 0 Å². The van der Waals surface area contributed by atoms with Crippen molar-refractivity contribution in [1.29, 1.82) is 0 Å². The van der Waals surface area contributed by atoms with Crippen molar-refractivity contribution in [1.82, 2.24) is 5.32 Å². The first-order valence-corrected chi connectivity index (χ1v) is 20.9. The zero-order chi connectivity index (χ0) is 34.9. The molecule has 0 aromatic rings. The third-order valence-corrected chi connectivity index (χ3v) is 9.43. The predicted molar refractivity (Wildman–Crippen MR) is 199 cm³/mol. The Labute approximate surface area is 289 Å². The number of rotatable bonds is 34. The van der Waals surface area contributed by atoms with Crippen LogP contribution in [0.2, 0.25) is 0 Å². The lowest BCUT2D eigenvalue weighted by Crippen LogP contribution is -2.50. The Morgan fingerprint density at radius 1 is 0.574 bits per heavy atom. The van der Waals surface area contributed by atoms with Crippen LogP contribution in [-0.4, -0.2) is 53.1 Å². The van der Waals surface area contributed by atoms with E-state index >= 15 is 0 Å². The molecule has 0 aliphatic carbocycles. The topological polar surface area (TPSA) is 124 Å². The molecule has 0 rings (SSSR count). The maximum absolute atomic E-state index is 12.5. The number of amides is 1. The van der Waals surface area contributed by atoms with Crippen molar-refractivity contribution >= 4 is 16.0 Å². The monoisotopic (exact) mass is 684 g/mol. The number of unbranched alkanes of at least 4 members (excludes halogenated alkanes) is 21.